The number of amides is 5. The fourth-order valence-electron chi connectivity index (χ4n) is 8.42. The molecule has 4 rings (SSSR count). The van der Waals surface area contributed by atoms with E-state index in [0.29, 0.717) is 25.7 Å². The van der Waals surface area contributed by atoms with Crippen LogP contribution in [0.4, 0.5) is 13.6 Å². The number of likely N-dealkylation sites (tertiary alicyclic amines) is 1. The molecule has 1 saturated heterocycles. The van der Waals surface area contributed by atoms with Gasteiger partial charge in [0, 0.05) is 25.9 Å². The lowest BCUT2D eigenvalue weighted by Gasteiger charge is -2.44. The maximum absolute atomic E-state index is 14.9. The summed E-state index contributed by atoms with van der Waals surface area (Å²) in [7, 11) is -3.85. The summed E-state index contributed by atoms with van der Waals surface area (Å²) in [6, 6.07) is -3.99. The molecular weight excluding hydrogens is 721 g/mol. The van der Waals surface area contributed by atoms with Gasteiger partial charge in [0.1, 0.15) is 12.1 Å². The van der Waals surface area contributed by atoms with Gasteiger partial charge in [-0.1, -0.05) is 59.0 Å². The predicted molar refractivity (Wildman–Crippen MR) is 202 cm³/mol. The summed E-state index contributed by atoms with van der Waals surface area (Å²) in [5.41, 5.74) is -2.19. The average molecular weight is 784 g/mol. The standard InChI is InChI=1S/C39H63F2N5O7S/c1-8-21-42-33(49)30(47)28(23-26-12-13-26)43-32(48)29-27(25(2)3)14-22-46(29)34(50)31(37(7)15-10-9-11-16-37)44-35(51)45-38(17-19-39(40,41)20-18-38)24-54(52,53)36(4,5)6/h8,25-29,31H,1,9-24H2,2-7H3,(H,42,49)(H,43,48)(H2,44,45,51)/t27-,28?,29+,31-/m1/s1. The molecule has 0 aromatic heterocycles. The third-order valence-electron chi connectivity index (χ3n) is 12.3. The maximum Gasteiger partial charge on any atom is 0.315 e. The number of hydrogen-bond donors (Lipinski definition) is 4. The molecule has 54 heavy (non-hydrogen) atoms. The number of sulfone groups is 1. The molecule has 1 unspecified atom stereocenters. The van der Waals surface area contributed by atoms with Crippen LogP contribution in [0, 0.1) is 23.2 Å². The molecule has 12 nitrogen and oxygen atoms in total. The molecule has 4 aliphatic rings. The number of ketones is 1. The van der Waals surface area contributed by atoms with Crippen LogP contribution in [-0.2, 0) is 29.0 Å². The van der Waals surface area contributed by atoms with E-state index in [4.69, 9.17) is 0 Å². The Labute approximate surface area is 320 Å². The molecule has 4 atom stereocenters. The number of Topliss-reactive ketones (excluding diaryl/α,β-unsaturated/α-hetero) is 1. The Balaban J connectivity index is 1.63. The first-order valence-electron chi connectivity index (χ1n) is 19.8. The summed E-state index contributed by atoms with van der Waals surface area (Å²) < 4.78 is 54.4. The zero-order chi connectivity index (χ0) is 40.3. The Hall–Kier alpha value is -3.10. The number of carbonyl (C=O) groups excluding carboxylic acids is 5. The van der Waals surface area contributed by atoms with Crippen LogP contribution in [0.15, 0.2) is 12.7 Å². The number of urea groups is 1. The second kappa shape index (κ2) is 17.0. The van der Waals surface area contributed by atoms with E-state index in [-0.39, 0.29) is 43.7 Å². The van der Waals surface area contributed by atoms with Gasteiger partial charge >= 0.3 is 6.03 Å². The van der Waals surface area contributed by atoms with E-state index in [2.05, 4.69) is 27.8 Å². The van der Waals surface area contributed by atoms with Crippen molar-refractivity contribution in [3.63, 3.8) is 0 Å². The zero-order valence-corrected chi connectivity index (χ0v) is 33.8. The van der Waals surface area contributed by atoms with Crippen molar-refractivity contribution in [2.45, 2.75) is 159 Å². The van der Waals surface area contributed by atoms with Crippen LogP contribution in [-0.4, -0.2) is 96.0 Å². The molecule has 5 amide bonds. The van der Waals surface area contributed by atoms with Gasteiger partial charge in [-0.05, 0) is 82.5 Å². The number of nitrogens with zero attached hydrogens (tertiary/aromatic N) is 1. The maximum atomic E-state index is 14.9. The predicted octanol–water partition coefficient (Wildman–Crippen LogP) is 4.82. The van der Waals surface area contributed by atoms with E-state index >= 15 is 0 Å². The first-order chi connectivity index (χ1) is 25.0. The van der Waals surface area contributed by atoms with Crippen LogP contribution in [0.25, 0.3) is 0 Å². The van der Waals surface area contributed by atoms with E-state index in [1.54, 1.807) is 0 Å². The van der Waals surface area contributed by atoms with Crippen LogP contribution in [0.1, 0.15) is 125 Å². The third-order valence-corrected chi connectivity index (χ3v) is 15.1. The van der Waals surface area contributed by atoms with E-state index in [9.17, 15) is 41.2 Å². The number of carbonyl (C=O) groups is 5. The summed E-state index contributed by atoms with van der Waals surface area (Å²) in [4.78, 5) is 70.6. The topological polar surface area (TPSA) is 171 Å². The van der Waals surface area contributed by atoms with Crippen molar-refractivity contribution in [1.29, 1.82) is 0 Å². The Morgan fingerprint density at radius 3 is 2.07 bits per heavy atom. The minimum Gasteiger partial charge on any atom is -0.346 e. The first-order valence-corrected chi connectivity index (χ1v) is 21.4. The molecular formula is C39H63F2N5O7S. The quantitative estimate of drug-likeness (QED) is 0.136. The number of halogens is 2. The Morgan fingerprint density at radius 1 is 0.926 bits per heavy atom. The van der Waals surface area contributed by atoms with E-state index < -0.39 is 97.7 Å². The number of alkyl halides is 2. The highest BCUT2D eigenvalue weighted by Crippen LogP contribution is 2.43. The molecule has 4 fully saturated rings. The molecule has 1 aliphatic heterocycles. The SMILES string of the molecule is C=CCNC(=O)C(=O)C(CC1CC1)NC(=O)[C@@H]1[C@@H](C(C)C)CCN1C(=O)[C@@H](NC(=O)NC1(CS(=O)(=O)C(C)(C)C)CCC(F)(F)CC1)C1(C)CCCCC1. The molecule has 15 heteroatoms. The number of hydrogen-bond acceptors (Lipinski definition) is 7. The highest BCUT2D eigenvalue weighted by molar-refractivity contribution is 7.92. The molecule has 0 spiro atoms. The lowest BCUT2D eigenvalue weighted by molar-refractivity contribution is -0.145. The van der Waals surface area contributed by atoms with Crippen LogP contribution in [0.2, 0.25) is 0 Å². The van der Waals surface area contributed by atoms with Gasteiger partial charge in [-0.2, -0.15) is 0 Å². The van der Waals surface area contributed by atoms with Crippen molar-refractivity contribution in [3.8, 4) is 0 Å². The third kappa shape index (κ3) is 10.6. The Bertz CT molecular complexity index is 1530. The highest BCUT2D eigenvalue weighted by atomic mass is 32.2. The molecule has 3 saturated carbocycles. The van der Waals surface area contributed by atoms with Crippen molar-refractivity contribution in [1.82, 2.24) is 26.2 Å². The summed E-state index contributed by atoms with van der Waals surface area (Å²) in [5.74, 6) is -6.22. The molecule has 3 aliphatic carbocycles. The first kappa shape index (κ1) is 43.6. The smallest absolute Gasteiger partial charge is 0.315 e. The van der Waals surface area contributed by atoms with Gasteiger partial charge in [-0.25, -0.2) is 22.0 Å². The van der Waals surface area contributed by atoms with E-state index in [0.717, 1.165) is 32.1 Å². The second-order valence-corrected chi connectivity index (χ2v) is 20.8. The highest BCUT2D eigenvalue weighted by Gasteiger charge is 2.52. The van der Waals surface area contributed by atoms with Gasteiger partial charge in [-0.15, -0.1) is 6.58 Å². The average Bonchev–Trinajstić information content (AvgIpc) is 3.79. The van der Waals surface area contributed by atoms with Gasteiger partial charge in [0.15, 0.2) is 9.84 Å². The Morgan fingerprint density at radius 2 is 1.54 bits per heavy atom. The number of rotatable bonds is 15. The van der Waals surface area contributed by atoms with Gasteiger partial charge in [-0.3, -0.25) is 19.2 Å². The van der Waals surface area contributed by atoms with E-state index in [1.165, 1.54) is 31.7 Å². The van der Waals surface area contributed by atoms with Crippen molar-refractivity contribution in [2.24, 2.45) is 23.2 Å². The molecule has 306 valence electrons. The fraction of sp³-hybridized carbons (Fsp3) is 0.821. The van der Waals surface area contributed by atoms with Crippen LogP contribution in [0.5, 0.6) is 0 Å². The minimum atomic E-state index is -3.85. The van der Waals surface area contributed by atoms with Crippen molar-refractivity contribution < 1.29 is 41.2 Å². The van der Waals surface area contributed by atoms with E-state index in [1.807, 2.05) is 20.8 Å². The molecule has 1 heterocycles. The Kier molecular flexibility index (Phi) is 13.7. The van der Waals surface area contributed by atoms with Crippen molar-refractivity contribution in [3.05, 3.63) is 12.7 Å². The van der Waals surface area contributed by atoms with Gasteiger partial charge in [0.25, 0.3) is 5.91 Å². The molecule has 0 bridgehead atoms. The van der Waals surface area contributed by atoms with Gasteiger partial charge < -0.3 is 26.2 Å². The van der Waals surface area contributed by atoms with Crippen molar-refractivity contribution >= 4 is 39.4 Å². The van der Waals surface area contributed by atoms with Gasteiger partial charge in [0.2, 0.25) is 23.5 Å². The van der Waals surface area contributed by atoms with Crippen molar-refractivity contribution in [2.75, 3.05) is 18.8 Å². The molecule has 0 radical (unpaired) electrons. The summed E-state index contributed by atoms with van der Waals surface area (Å²) >= 11 is 0. The molecule has 4 N–H and O–H groups in total. The normalized spacial score (nSPS) is 24.9. The lowest BCUT2D eigenvalue weighted by atomic mass is 9.70. The zero-order valence-electron chi connectivity index (χ0n) is 33.0. The monoisotopic (exact) mass is 783 g/mol. The summed E-state index contributed by atoms with van der Waals surface area (Å²) in [6.07, 6.45) is 6.12. The largest absolute Gasteiger partial charge is 0.346 e. The van der Waals surface area contributed by atoms with Gasteiger partial charge in [0.05, 0.1) is 22.1 Å². The fourth-order valence-corrected chi connectivity index (χ4v) is 9.94. The van der Waals surface area contributed by atoms with Crippen LogP contribution in [0.3, 0.4) is 0 Å². The summed E-state index contributed by atoms with van der Waals surface area (Å²) in [6.45, 7) is 14.3. The molecule has 0 aromatic rings. The number of nitrogens with one attached hydrogen (secondary N) is 4. The molecule has 0 aromatic carbocycles. The van der Waals surface area contributed by atoms with Crippen LogP contribution >= 0.6 is 0 Å². The van der Waals surface area contributed by atoms with Crippen LogP contribution < -0.4 is 21.3 Å². The summed E-state index contributed by atoms with van der Waals surface area (Å²) in [5, 5.41) is 11.0. The lowest BCUT2D eigenvalue weighted by Crippen LogP contribution is -2.65. The second-order valence-electron chi connectivity index (χ2n) is 18.0. The minimum absolute atomic E-state index is 0.0268.